The van der Waals surface area contributed by atoms with E-state index in [0.29, 0.717) is 11.0 Å². The number of aryl methyl sites for hydroxylation is 1. The lowest BCUT2D eigenvalue weighted by Gasteiger charge is -2.11. The highest BCUT2D eigenvalue weighted by molar-refractivity contribution is 7.92. The number of hydrogen-bond acceptors (Lipinski definition) is 8. The lowest BCUT2D eigenvalue weighted by molar-refractivity contribution is -0.402. The van der Waals surface area contributed by atoms with Gasteiger partial charge in [0.15, 0.2) is 11.4 Å². The van der Waals surface area contributed by atoms with E-state index in [9.17, 15) is 23.3 Å². The van der Waals surface area contributed by atoms with Crippen LogP contribution in [0.3, 0.4) is 0 Å². The van der Waals surface area contributed by atoms with E-state index in [4.69, 9.17) is 4.42 Å². The zero-order valence-corrected chi connectivity index (χ0v) is 20.2. The number of hydrogen-bond donors (Lipinski definition) is 1. The summed E-state index contributed by atoms with van der Waals surface area (Å²) < 4.78 is 34.4. The second kappa shape index (κ2) is 8.99. The Balaban J connectivity index is 1.79. The molecule has 5 rings (SSSR count). The van der Waals surface area contributed by atoms with Crippen LogP contribution >= 0.6 is 0 Å². The summed E-state index contributed by atoms with van der Waals surface area (Å²) in [5, 5.41) is 13.6. The van der Waals surface area contributed by atoms with Gasteiger partial charge in [0.1, 0.15) is 21.2 Å². The Labute approximate surface area is 210 Å². The normalized spacial score (nSPS) is 11.6. The molecule has 0 radical (unpaired) electrons. The molecule has 0 aliphatic carbocycles. The van der Waals surface area contributed by atoms with Crippen molar-refractivity contribution < 1.29 is 22.6 Å². The van der Waals surface area contributed by atoms with Crippen molar-refractivity contribution >= 4 is 49.6 Å². The number of aromatic nitrogens is 3. The lowest BCUT2D eigenvalue weighted by Crippen LogP contribution is -2.17. The van der Waals surface area contributed by atoms with Crippen molar-refractivity contribution in [2.45, 2.75) is 23.3 Å². The Morgan fingerprint density at radius 2 is 1.78 bits per heavy atom. The minimum Gasteiger partial charge on any atom is -0.395 e. The highest BCUT2D eigenvalue weighted by Crippen LogP contribution is 2.37. The van der Waals surface area contributed by atoms with Gasteiger partial charge in [-0.15, -0.1) is 6.58 Å². The molecule has 0 aliphatic heterocycles. The second-order valence-electron chi connectivity index (χ2n) is 8.13. The summed E-state index contributed by atoms with van der Waals surface area (Å²) in [6.07, 6.45) is 1.52. The lowest BCUT2D eigenvalue weighted by atomic mass is 10.2. The number of fused-ring (bicyclic) bond motifs is 2. The molecule has 1 amide bonds. The number of amides is 1. The van der Waals surface area contributed by atoms with Gasteiger partial charge < -0.3 is 14.3 Å². The van der Waals surface area contributed by atoms with Crippen LogP contribution in [0.2, 0.25) is 0 Å². The molecule has 0 atom stereocenters. The predicted molar refractivity (Wildman–Crippen MR) is 135 cm³/mol. The minimum atomic E-state index is -4.23. The van der Waals surface area contributed by atoms with Crippen molar-refractivity contribution in [3.05, 3.63) is 94.8 Å². The number of anilines is 1. The molecule has 0 unspecified atom stereocenters. The first-order valence-corrected chi connectivity index (χ1v) is 12.5. The van der Waals surface area contributed by atoms with Crippen LogP contribution in [0.4, 0.5) is 11.7 Å². The average molecular weight is 518 g/mol. The van der Waals surface area contributed by atoms with Crippen molar-refractivity contribution in [2.75, 3.05) is 5.32 Å². The van der Waals surface area contributed by atoms with E-state index in [1.165, 1.54) is 22.8 Å². The van der Waals surface area contributed by atoms with Crippen LogP contribution in [-0.2, 0) is 16.4 Å². The molecule has 186 valence electrons. The van der Waals surface area contributed by atoms with E-state index in [1.807, 2.05) is 6.92 Å². The van der Waals surface area contributed by atoms with E-state index in [-0.39, 0.29) is 39.1 Å². The topological polar surface area (TPSA) is 150 Å². The van der Waals surface area contributed by atoms with Crippen molar-refractivity contribution in [3.8, 4) is 0 Å². The van der Waals surface area contributed by atoms with Crippen molar-refractivity contribution in [2.24, 2.45) is 0 Å². The molecular formula is C25H19N5O6S. The largest absolute Gasteiger partial charge is 0.433 e. The van der Waals surface area contributed by atoms with Gasteiger partial charge in [0.2, 0.25) is 9.84 Å². The maximum Gasteiger partial charge on any atom is 0.433 e. The Morgan fingerprint density at radius 3 is 2.41 bits per heavy atom. The summed E-state index contributed by atoms with van der Waals surface area (Å²) >= 11 is 0. The SMILES string of the molecule is C=CCn1c(NC(=O)c2ccc([N+](=O)[O-])o2)c(S(=O)(=O)c2ccc(C)cc2)c2nc3ccccc3nc21. The quantitative estimate of drug-likeness (QED) is 0.186. The second-order valence-corrected chi connectivity index (χ2v) is 10.0. The third kappa shape index (κ3) is 4.12. The Morgan fingerprint density at radius 1 is 1.11 bits per heavy atom. The first-order valence-electron chi connectivity index (χ1n) is 11.0. The average Bonchev–Trinajstić information content (AvgIpc) is 3.48. The summed E-state index contributed by atoms with van der Waals surface area (Å²) in [6, 6.07) is 15.4. The smallest absolute Gasteiger partial charge is 0.395 e. The Kier molecular flexibility index (Phi) is 5.80. The molecule has 5 aromatic rings. The maximum absolute atomic E-state index is 14.0. The van der Waals surface area contributed by atoms with Crippen LogP contribution in [0.15, 0.2) is 87.5 Å². The third-order valence-corrected chi connectivity index (χ3v) is 7.46. The van der Waals surface area contributed by atoms with Gasteiger partial charge in [-0.2, -0.15) is 0 Å². The van der Waals surface area contributed by atoms with Gasteiger partial charge in [-0.25, -0.2) is 18.4 Å². The van der Waals surface area contributed by atoms with Crippen molar-refractivity contribution in [1.82, 2.24) is 14.5 Å². The summed E-state index contributed by atoms with van der Waals surface area (Å²) in [5.74, 6) is -1.99. The molecule has 3 aromatic heterocycles. The number of para-hydroxylation sites is 2. The summed E-state index contributed by atoms with van der Waals surface area (Å²) in [5.41, 5.74) is 2.13. The summed E-state index contributed by atoms with van der Waals surface area (Å²) in [6.45, 7) is 5.66. The fourth-order valence-corrected chi connectivity index (χ4v) is 5.45. The van der Waals surface area contributed by atoms with E-state index in [1.54, 1.807) is 36.4 Å². The number of sulfone groups is 1. The standard InChI is InChI=1S/C25H19N5O6S/c1-3-14-29-23-21(26-17-6-4-5-7-18(17)27-23)22(37(34,35)16-10-8-15(2)9-11-16)24(29)28-25(31)19-12-13-20(36-19)30(32)33/h3-13H,1,14H2,2H3,(H,28,31). The fraction of sp³-hybridized carbons (Fsp3) is 0.0800. The zero-order valence-electron chi connectivity index (χ0n) is 19.4. The highest BCUT2D eigenvalue weighted by Gasteiger charge is 2.33. The number of nitrogens with zero attached hydrogens (tertiary/aromatic N) is 4. The highest BCUT2D eigenvalue weighted by atomic mass is 32.2. The van der Waals surface area contributed by atoms with Crippen LogP contribution in [0, 0.1) is 17.0 Å². The van der Waals surface area contributed by atoms with E-state index in [2.05, 4.69) is 21.9 Å². The van der Waals surface area contributed by atoms with Crippen LogP contribution in [0.5, 0.6) is 0 Å². The van der Waals surface area contributed by atoms with Gasteiger partial charge in [-0.3, -0.25) is 14.9 Å². The monoisotopic (exact) mass is 517 g/mol. The molecule has 2 aromatic carbocycles. The van der Waals surface area contributed by atoms with Crippen molar-refractivity contribution in [1.29, 1.82) is 0 Å². The van der Waals surface area contributed by atoms with E-state index in [0.717, 1.165) is 17.7 Å². The summed E-state index contributed by atoms with van der Waals surface area (Å²) in [7, 11) is -4.23. The zero-order chi connectivity index (χ0) is 26.3. The van der Waals surface area contributed by atoms with Crippen LogP contribution < -0.4 is 5.32 Å². The molecule has 0 fully saturated rings. The minimum absolute atomic E-state index is 0.00477. The van der Waals surface area contributed by atoms with Gasteiger partial charge in [-0.1, -0.05) is 35.9 Å². The van der Waals surface area contributed by atoms with Crippen LogP contribution in [0.1, 0.15) is 16.1 Å². The van der Waals surface area contributed by atoms with Gasteiger partial charge in [0, 0.05) is 6.54 Å². The molecule has 0 saturated heterocycles. The molecule has 12 heteroatoms. The molecule has 3 heterocycles. The van der Waals surface area contributed by atoms with Crippen LogP contribution in [0.25, 0.3) is 22.2 Å². The molecule has 11 nitrogen and oxygen atoms in total. The number of furan rings is 1. The molecule has 37 heavy (non-hydrogen) atoms. The number of carbonyl (C=O) groups excluding carboxylic acids is 1. The van der Waals surface area contributed by atoms with E-state index >= 15 is 0 Å². The first kappa shape index (κ1) is 23.9. The van der Waals surface area contributed by atoms with Crippen LogP contribution in [-0.4, -0.2) is 33.8 Å². The Bertz CT molecular complexity index is 1820. The summed E-state index contributed by atoms with van der Waals surface area (Å²) in [4.78, 5) is 32.3. The van der Waals surface area contributed by atoms with Crippen molar-refractivity contribution in [3.63, 3.8) is 0 Å². The van der Waals surface area contributed by atoms with Gasteiger partial charge in [-0.05, 0) is 37.3 Å². The molecular weight excluding hydrogens is 498 g/mol. The molecule has 0 bridgehead atoms. The predicted octanol–water partition coefficient (Wildman–Crippen LogP) is 4.67. The van der Waals surface area contributed by atoms with Gasteiger partial charge in [0.05, 0.1) is 22.0 Å². The van der Waals surface area contributed by atoms with Gasteiger partial charge >= 0.3 is 5.88 Å². The Hall–Kier alpha value is -4.84. The maximum atomic E-state index is 14.0. The molecule has 1 N–H and O–H groups in total. The number of nitro groups is 1. The first-order chi connectivity index (χ1) is 17.7. The number of rotatable bonds is 7. The number of carbonyl (C=O) groups is 1. The number of allylic oxidation sites excluding steroid dienone is 1. The third-order valence-electron chi connectivity index (χ3n) is 5.65. The molecule has 0 spiro atoms. The molecule has 0 saturated carbocycles. The number of nitrogens with one attached hydrogen (secondary N) is 1. The fourth-order valence-electron chi connectivity index (χ4n) is 3.91. The van der Waals surface area contributed by atoms with Gasteiger partial charge in [0.25, 0.3) is 5.91 Å². The van der Waals surface area contributed by atoms with E-state index < -0.39 is 26.6 Å². The number of benzene rings is 2. The molecule has 0 aliphatic rings.